The predicted octanol–water partition coefficient (Wildman–Crippen LogP) is -0.477. The van der Waals surface area contributed by atoms with Gasteiger partial charge in [-0.25, -0.2) is 0 Å². The summed E-state index contributed by atoms with van der Waals surface area (Å²) in [4.78, 5) is 35.8. The Morgan fingerprint density at radius 1 is 0.852 bits per heavy atom. The third kappa shape index (κ3) is 4.37. The van der Waals surface area contributed by atoms with Crippen molar-refractivity contribution in [1.82, 2.24) is 10.6 Å². The highest BCUT2D eigenvalue weighted by molar-refractivity contribution is 6.01. The molecule has 0 radical (unpaired) electrons. The van der Waals surface area contributed by atoms with Gasteiger partial charge in [0.1, 0.15) is 6.04 Å². The van der Waals surface area contributed by atoms with Gasteiger partial charge in [-0.1, -0.05) is 12.1 Å². The fourth-order valence-corrected chi connectivity index (χ4v) is 2.18. The molecule has 0 aliphatic carbocycles. The number of hydrogen-bond donors (Lipinski definition) is 7. The van der Waals surface area contributed by atoms with Crippen molar-refractivity contribution < 1.29 is 34.8 Å². The number of primary amides is 1. The SMILES string of the molecule is NC(=O)[C@@H](CNC(=O)c1cccc(O)c1O)NC(=O)c1cccc(O)c1O. The molecule has 0 aromatic heterocycles. The van der Waals surface area contributed by atoms with Crippen LogP contribution < -0.4 is 16.4 Å². The summed E-state index contributed by atoms with van der Waals surface area (Å²) in [6.07, 6.45) is 0. The molecule has 0 bridgehead atoms. The normalized spacial score (nSPS) is 11.4. The summed E-state index contributed by atoms with van der Waals surface area (Å²) in [6.45, 7) is -0.422. The Kier molecular flexibility index (Phi) is 5.71. The van der Waals surface area contributed by atoms with Gasteiger partial charge in [-0.3, -0.25) is 14.4 Å². The lowest BCUT2D eigenvalue weighted by Gasteiger charge is -2.17. The third-order valence-corrected chi connectivity index (χ3v) is 3.63. The van der Waals surface area contributed by atoms with E-state index in [2.05, 4.69) is 10.6 Å². The smallest absolute Gasteiger partial charge is 0.255 e. The number of rotatable bonds is 6. The number of carbonyl (C=O) groups is 3. The van der Waals surface area contributed by atoms with Crippen LogP contribution in [0, 0.1) is 0 Å². The average Bonchev–Trinajstić information content (AvgIpc) is 2.62. The lowest BCUT2D eigenvalue weighted by molar-refractivity contribution is -0.119. The van der Waals surface area contributed by atoms with Crippen molar-refractivity contribution in [3.63, 3.8) is 0 Å². The lowest BCUT2D eigenvalue weighted by atomic mass is 10.1. The van der Waals surface area contributed by atoms with E-state index in [1.54, 1.807) is 0 Å². The molecule has 0 aliphatic heterocycles. The Bertz CT molecular complexity index is 898. The molecular formula is C17H17N3O7. The zero-order valence-corrected chi connectivity index (χ0v) is 13.8. The van der Waals surface area contributed by atoms with Crippen LogP contribution in [0.2, 0.25) is 0 Å². The molecule has 0 saturated heterocycles. The molecule has 3 amide bonds. The molecule has 0 aliphatic rings. The molecule has 0 saturated carbocycles. The minimum atomic E-state index is -1.34. The van der Waals surface area contributed by atoms with Crippen LogP contribution in [0.15, 0.2) is 36.4 Å². The fraction of sp³-hybridized carbons (Fsp3) is 0.118. The minimum Gasteiger partial charge on any atom is -0.504 e. The van der Waals surface area contributed by atoms with Gasteiger partial charge in [0.15, 0.2) is 23.0 Å². The second kappa shape index (κ2) is 7.95. The van der Waals surface area contributed by atoms with Crippen molar-refractivity contribution in [2.75, 3.05) is 6.54 Å². The van der Waals surface area contributed by atoms with Crippen molar-refractivity contribution in [1.29, 1.82) is 0 Å². The van der Waals surface area contributed by atoms with Crippen LogP contribution in [0.5, 0.6) is 23.0 Å². The monoisotopic (exact) mass is 375 g/mol. The van der Waals surface area contributed by atoms with E-state index in [4.69, 9.17) is 5.73 Å². The van der Waals surface area contributed by atoms with Gasteiger partial charge in [-0.05, 0) is 24.3 Å². The topological polar surface area (TPSA) is 182 Å². The number of benzene rings is 2. The Balaban J connectivity index is 2.09. The number of aromatic hydroxyl groups is 4. The summed E-state index contributed by atoms with van der Waals surface area (Å²) >= 11 is 0. The van der Waals surface area contributed by atoms with E-state index in [-0.39, 0.29) is 11.1 Å². The largest absolute Gasteiger partial charge is 0.504 e. The molecule has 1 atom stereocenters. The zero-order valence-electron chi connectivity index (χ0n) is 13.8. The quantitative estimate of drug-likeness (QED) is 0.333. The van der Waals surface area contributed by atoms with Gasteiger partial charge in [0, 0.05) is 6.54 Å². The Hall–Kier alpha value is -3.95. The van der Waals surface area contributed by atoms with Crippen molar-refractivity contribution >= 4 is 17.7 Å². The number of phenolic OH excluding ortho intramolecular Hbond substituents is 4. The van der Waals surface area contributed by atoms with Crippen LogP contribution in [-0.2, 0) is 4.79 Å². The number of phenols is 4. The molecule has 0 unspecified atom stereocenters. The van der Waals surface area contributed by atoms with Crippen LogP contribution in [0.1, 0.15) is 20.7 Å². The first-order chi connectivity index (χ1) is 12.7. The van der Waals surface area contributed by atoms with Gasteiger partial charge in [0.25, 0.3) is 11.8 Å². The Morgan fingerprint density at radius 2 is 1.33 bits per heavy atom. The van der Waals surface area contributed by atoms with Crippen LogP contribution in [-0.4, -0.2) is 50.7 Å². The number of para-hydroxylation sites is 2. The molecule has 2 rings (SSSR count). The minimum absolute atomic E-state index is 0.241. The maximum Gasteiger partial charge on any atom is 0.255 e. The van der Waals surface area contributed by atoms with E-state index in [0.717, 1.165) is 0 Å². The molecular weight excluding hydrogens is 358 g/mol. The van der Waals surface area contributed by atoms with E-state index in [0.29, 0.717) is 0 Å². The van der Waals surface area contributed by atoms with E-state index >= 15 is 0 Å². The van der Waals surface area contributed by atoms with Crippen molar-refractivity contribution in [2.24, 2.45) is 5.73 Å². The van der Waals surface area contributed by atoms with Gasteiger partial charge in [-0.15, -0.1) is 0 Å². The van der Waals surface area contributed by atoms with E-state index in [1.807, 2.05) is 0 Å². The second-order valence-electron chi connectivity index (χ2n) is 5.49. The van der Waals surface area contributed by atoms with Crippen molar-refractivity contribution in [3.05, 3.63) is 47.5 Å². The summed E-state index contributed by atoms with van der Waals surface area (Å²) in [5.41, 5.74) is 4.67. The van der Waals surface area contributed by atoms with Gasteiger partial charge in [0.2, 0.25) is 5.91 Å². The second-order valence-corrected chi connectivity index (χ2v) is 5.49. The highest BCUT2D eigenvalue weighted by atomic mass is 16.3. The van der Waals surface area contributed by atoms with Gasteiger partial charge in [-0.2, -0.15) is 0 Å². The van der Waals surface area contributed by atoms with Crippen molar-refractivity contribution in [2.45, 2.75) is 6.04 Å². The molecule has 2 aromatic carbocycles. The highest BCUT2D eigenvalue weighted by Crippen LogP contribution is 2.28. The van der Waals surface area contributed by atoms with Gasteiger partial charge >= 0.3 is 0 Å². The molecule has 10 heteroatoms. The lowest BCUT2D eigenvalue weighted by Crippen LogP contribution is -2.51. The molecule has 8 N–H and O–H groups in total. The average molecular weight is 375 g/mol. The first-order valence-corrected chi connectivity index (χ1v) is 7.62. The van der Waals surface area contributed by atoms with Crippen LogP contribution in [0.3, 0.4) is 0 Å². The molecule has 2 aromatic rings. The number of nitrogens with one attached hydrogen (secondary N) is 2. The van der Waals surface area contributed by atoms with E-state index < -0.39 is 53.3 Å². The predicted molar refractivity (Wildman–Crippen MR) is 92.3 cm³/mol. The summed E-state index contributed by atoms with van der Waals surface area (Å²) in [6, 6.07) is 6.11. The number of amides is 3. The van der Waals surface area contributed by atoms with Gasteiger partial charge < -0.3 is 36.8 Å². The Morgan fingerprint density at radius 3 is 1.81 bits per heavy atom. The standard InChI is InChI=1S/C17H17N3O7/c18-15(25)10(20-17(27)9-4-2-6-12(22)14(9)24)7-19-16(26)8-3-1-5-11(21)13(8)23/h1-6,10,21-24H,7H2,(H2,18,25)(H,19,26)(H,20,27)/t10-/m1/s1. The number of hydrogen-bond acceptors (Lipinski definition) is 7. The molecule has 27 heavy (non-hydrogen) atoms. The first-order valence-electron chi connectivity index (χ1n) is 7.62. The molecule has 142 valence electrons. The number of carbonyl (C=O) groups excluding carboxylic acids is 3. The highest BCUT2D eigenvalue weighted by Gasteiger charge is 2.23. The first kappa shape index (κ1) is 19.4. The van der Waals surface area contributed by atoms with Crippen LogP contribution in [0.4, 0.5) is 0 Å². The Labute approximate surface area is 152 Å². The van der Waals surface area contributed by atoms with Crippen LogP contribution in [0.25, 0.3) is 0 Å². The fourth-order valence-electron chi connectivity index (χ4n) is 2.18. The molecule has 0 heterocycles. The molecule has 0 fully saturated rings. The molecule has 0 spiro atoms. The van der Waals surface area contributed by atoms with Crippen molar-refractivity contribution in [3.8, 4) is 23.0 Å². The van der Waals surface area contributed by atoms with Gasteiger partial charge in [0.05, 0.1) is 11.1 Å². The summed E-state index contributed by atoms with van der Waals surface area (Å²) in [5.74, 6) is -5.02. The summed E-state index contributed by atoms with van der Waals surface area (Å²) < 4.78 is 0. The number of nitrogens with two attached hydrogens (primary N) is 1. The van der Waals surface area contributed by atoms with E-state index in [9.17, 15) is 34.8 Å². The third-order valence-electron chi connectivity index (χ3n) is 3.63. The summed E-state index contributed by atoms with van der Waals surface area (Å²) in [7, 11) is 0. The maximum absolute atomic E-state index is 12.2. The summed E-state index contributed by atoms with van der Waals surface area (Å²) in [5, 5.41) is 42.7. The maximum atomic E-state index is 12.2. The van der Waals surface area contributed by atoms with E-state index in [1.165, 1.54) is 36.4 Å². The molecule has 10 nitrogen and oxygen atoms in total. The zero-order chi connectivity index (χ0) is 20.1. The van der Waals surface area contributed by atoms with Crippen LogP contribution >= 0.6 is 0 Å².